The third-order valence-corrected chi connectivity index (χ3v) is 4.94. The molecule has 0 radical (unpaired) electrons. The topological polar surface area (TPSA) is 63.1 Å². The lowest BCUT2D eigenvalue weighted by molar-refractivity contribution is 0.122. The van der Waals surface area contributed by atoms with Crippen LogP contribution in [0.25, 0.3) is 22.2 Å². The van der Waals surface area contributed by atoms with Crippen molar-refractivity contribution in [1.29, 1.82) is 0 Å². The Labute approximate surface area is 147 Å². The third-order valence-electron chi connectivity index (χ3n) is 4.30. The molecule has 1 N–H and O–H groups in total. The van der Waals surface area contributed by atoms with E-state index in [2.05, 4.69) is 30.8 Å². The van der Waals surface area contributed by atoms with Gasteiger partial charge >= 0.3 is 0 Å². The summed E-state index contributed by atoms with van der Waals surface area (Å²) in [5.41, 5.74) is 2.43. The molecule has 6 nitrogen and oxygen atoms in total. The van der Waals surface area contributed by atoms with Crippen molar-refractivity contribution in [2.45, 2.75) is 0 Å². The molecular formula is C17H17BrN4O2. The number of aryl methyl sites for hydroxylation is 1. The van der Waals surface area contributed by atoms with Crippen molar-refractivity contribution in [3.8, 4) is 11.3 Å². The van der Waals surface area contributed by atoms with Crippen LogP contribution in [0.3, 0.4) is 0 Å². The first-order valence-corrected chi connectivity index (χ1v) is 8.60. The summed E-state index contributed by atoms with van der Waals surface area (Å²) in [6, 6.07) is 5.95. The van der Waals surface area contributed by atoms with Crippen LogP contribution in [0.15, 0.2) is 39.9 Å². The van der Waals surface area contributed by atoms with Gasteiger partial charge in [0.25, 0.3) is 5.56 Å². The molecule has 124 valence electrons. The van der Waals surface area contributed by atoms with Crippen molar-refractivity contribution in [2.75, 3.05) is 31.2 Å². The quantitative estimate of drug-likeness (QED) is 0.732. The fourth-order valence-electron chi connectivity index (χ4n) is 3.07. The van der Waals surface area contributed by atoms with Crippen LogP contribution < -0.4 is 10.5 Å². The predicted octanol–water partition coefficient (Wildman–Crippen LogP) is 2.53. The van der Waals surface area contributed by atoms with Crippen LogP contribution in [0.4, 0.5) is 5.82 Å². The first kappa shape index (κ1) is 15.4. The van der Waals surface area contributed by atoms with Crippen molar-refractivity contribution >= 4 is 32.7 Å². The molecule has 4 rings (SSSR count). The number of ether oxygens (including phenoxy) is 1. The highest BCUT2D eigenvalue weighted by molar-refractivity contribution is 9.10. The molecule has 3 aromatic rings. The number of H-pyrrole nitrogens is 1. The maximum absolute atomic E-state index is 12.4. The van der Waals surface area contributed by atoms with Crippen LogP contribution in [0.5, 0.6) is 0 Å². The van der Waals surface area contributed by atoms with Crippen LogP contribution in [0.2, 0.25) is 0 Å². The highest BCUT2D eigenvalue weighted by atomic mass is 79.9. The maximum atomic E-state index is 12.4. The lowest BCUT2D eigenvalue weighted by atomic mass is 10.1. The number of pyridine rings is 2. The molecule has 0 spiro atoms. The van der Waals surface area contributed by atoms with Crippen LogP contribution in [0.1, 0.15) is 0 Å². The molecule has 1 aliphatic heterocycles. The van der Waals surface area contributed by atoms with Gasteiger partial charge in [-0.25, -0.2) is 4.98 Å². The minimum atomic E-state index is -0.0451. The van der Waals surface area contributed by atoms with E-state index in [0.29, 0.717) is 18.7 Å². The number of rotatable bonds is 2. The Hall–Kier alpha value is -2.12. The van der Waals surface area contributed by atoms with Gasteiger partial charge in [0.1, 0.15) is 11.3 Å². The molecule has 0 unspecified atom stereocenters. The van der Waals surface area contributed by atoms with Crippen molar-refractivity contribution < 1.29 is 4.74 Å². The third kappa shape index (κ3) is 2.53. The monoisotopic (exact) mass is 388 g/mol. The molecule has 7 heteroatoms. The molecule has 1 aliphatic rings. The van der Waals surface area contributed by atoms with Gasteiger partial charge in [0, 0.05) is 48.0 Å². The number of hydrogen-bond acceptors (Lipinski definition) is 4. The standard InChI is InChI=1S/C17H17BrN4O2/c1-21-10-13(18)12-9-14(20-15(12)17(21)23)11-3-2-4-19-16(11)22-5-7-24-8-6-22/h2-4,9-10,20H,5-8H2,1H3. The van der Waals surface area contributed by atoms with E-state index in [1.54, 1.807) is 24.0 Å². The number of anilines is 1. The molecule has 0 amide bonds. The van der Waals surface area contributed by atoms with Gasteiger partial charge < -0.3 is 19.2 Å². The summed E-state index contributed by atoms with van der Waals surface area (Å²) < 4.78 is 7.89. The van der Waals surface area contributed by atoms with E-state index >= 15 is 0 Å². The van der Waals surface area contributed by atoms with E-state index in [-0.39, 0.29) is 5.56 Å². The fourth-order valence-corrected chi connectivity index (χ4v) is 3.69. The van der Waals surface area contributed by atoms with Gasteiger partial charge in [-0.3, -0.25) is 4.79 Å². The highest BCUT2D eigenvalue weighted by Gasteiger charge is 2.19. The van der Waals surface area contributed by atoms with Gasteiger partial charge in [0.2, 0.25) is 0 Å². The summed E-state index contributed by atoms with van der Waals surface area (Å²) in [4.78, 5) is 22.4. The van der Waals surface area contributed by atoms with Crippen LogP contribution >= 0.6 is 15.9 Å². The molecule has 1 saturated heterocycles. The number of nitrogens with one attached hydrogen (secondary N) is 1. The van der Waals surface area contributed by atoms with Crippen LogP contribution in [0, 0.1) is 0 Å². The lowest BCUT2D eigenvalue weighted by Crippen LogP contribution is -2.37. The van der Waals surface area contributed by atoms with E-state index in [1.165, 1.54) is 0 Å². The Morgan fingerprint density at radius 1 is 1.33 bits per heavy atom. The zero-order valence-corrected chi connectivity index (χ0v) is 14.8. The summed E-state index contributed by atoms with van der Waals surface area (Å²) in [6.07, 6.45) is 3.58. The van der Waals surface area contributed by atoms with Crippen LogP contribution in [-0.2, 0) is 11.8 Å². The normalized spacial score (nSPS) is 15.2. The van der Waals surface area contributed by atoms with Crippen molar-refractivity contribution in [3.63, 3.8) is 0 Å². The highest BCUT2D eigenvalue weighted by Crippen LogP contribution is 2.32. The molecule has 4 heterocycles. The van der Waals surface area contributed by atoms with E-state index in [0.717, 1.165) is 40.0 Å². The number of fused-ring (bicyclic) bond motifs is 1. The van der Waals surface area contributed by atoms with Crippen molar-refractivity contribution in [3.05, 3.63) is 45.4 Å². The van der Waals surface area contributed by atoms with Crippen molar-refractivity contribution in [2.24, 2.45) is 7.05 Å². The molecule has 1 fully saturated rings. The van der Waals surface area contributed by atoms with Gasteiger partial charge in [-0.05, 0) is 34.1 Å². The Morgan fingerprint density at radius 2 is 2.12 bits per heavy atom. The molecule has 0 saturated carbocycles. The van der Waals surface area contributed by atoms with Gasteiger partial charge in [0.15, 0.2) is 0 Å². The molecule has 0 aromatic carbocycles. The number of aromatic amines is 1. The first-order valence-electron chi connectivity index (χ1n) is 7.81. The molecule has 0 aliphatic carbocycles. The molecule has 0 bridgehead atoms. The Bertz CT molecular complexity index is 957. The number of morpholine rings is 1. The zero-order chi connectivity index (χ0) is 16.7. The second-order valence-electron chi connectivity index (χ2n) is 5.84. The van der Waals surface area contributed by atoms with E-state index in [1.807, 2.05) is 18.2 Å². The lowest BCUT2D eigenvalue weighted by Gasteiger charge is -2.29. The maximum Gasteiger partial charge on any atom is 0.274 e. The second-order valence-corrected chi connectivity index (χ2v) is 6.69. The van der Waals surface area contributed by atoms with Gasteiger partial charge in [-0.2, -0.15) is 0 Å². The second kappa shape index (κ2) is 6.07. The molecule has 24 heavy (non-hydrogen) atoms. The molecule has 3 aromatic heterocycles. The fraction of sp³-hybridized carbons (Fsp3) is 0.294. The summed E-state index contributed by atoms with van der Waals surface area (Å²) >= 11 is 3.54. The smallest absolute Gasteiger partial charge is 0.274 e. The Balaban J connectivity index is 1.88. The summed E-state index contributed by atoms with van der Waals surface area (Å²) in [7, 11) is 1.75. The minimum absolute atomic E-state index is 0.0451. The zero-order valence-electron chi connectivity index (χ0n) is 13.3. The van der Waals surface area contributed by atoms with Crippen molar-refractivity contribution in [1.82, 2.24) is 14.5 Å². The SMILES string of the molecule is Cn1cc(Br)c2cc(-c3cccnc3N3CCOCC3)[nH]c2c1=O. The summed E-state index contributed by atoms with van der Waals surface area (Å²) in [5.74, 6) is 0.917. The summed E-state index contributed by atoms with van der Waals surface area (Å²) in [5, 5.41) is 0.880. The Kier molecular flexibility index (Phi) is 3.90. The number of hydrogen-bond donors (Lipinski definition) is 1. The first-order chi connectivity index (χ1) is 11.6. The largest absolute Gasteiger partial charge is 0.378 e. The molecular weight excluding hydrogens is 372 g/mol. The average Bonchev–Trinajstić information content (AvgIpc) is 3.07. The summed E-state index contributed by atoms with van der Waals surface area (Å²) in [6.45, 7) is 3.04. The Morgan fingerprint density at radius 3 is 2.92 bits per heavy atom. The van der Waals surface area contributed by atoms with Crippen LogP contribution in [-0.4, -0.2) is 40.8 Å². The number of halogens is 1. The minimum Gasteiger partial charge on any atom is -0.378 e. The van der Waals surface area contributed by atoms with Gasteiger partial charge in [-0.1, -0.05) is 0 Å². The number of nitrogens with zero attached hydrogens (tertiary/aromatic N) is 3. The van der Waals surface area contributed by atoms with Gasteiger partial charge in [0.05, 0.1) is 18.9 Å². The number of aromatic nitrogens is 3. The molecule has 0 atom stereocenters. The predicted molar refractivity (Wildman–Crippen MR) is 97.5 cm³/mol. The van der Waals surface area contributed by atoms with E-state index in [4.69, 9.17) is 4.74 Å². The van der Waals surface area contributed by atoms with Gasteiger partial charge in [-0.15, -0.1) is 0 Å². The average molecular weight is 389 g/mol. The van der Waals surface area contributed by atoms with E-state index in [9.17, 15) is 4.79 Å². The van der Waals surface area contributed by atoms with E-state index < -0.39 is 0 Å².